The van der Waals surface area contributed by atoms with Gasteiger partial charge < -0.3 is 20.0 Å². The fourth-order valence-corrected chi connectivity index (χ4v) is 0.929. The first-order chi connectivity index (χ1) is 7.76. The number of aromatic hydroxyl groups is 1. The number of alkyl halides is 3. The summed E-state index contributed by atoms with van der Waals surface area (Å²) in [5.41, 5.74) is -0.759. The predicted molar refractivity (Wildman–Crippen MR) is 44.6 cm³/mol. The third-order valence-corrected chi connectivity index (χ3v) is 1.53. The number of halogens is 3. The number of nitrogens with zero attached hydrogens (tertiary/aromatic N) is 2. The summed E-state index contributed by atoms with van der Waals surface area (Å²) in [4.78, 5) is 22.5. The van der Waals surface area contributed by atoms with Gasteiger partial charge in [0.25, 0.3) is 5.75 Å². The molecule has 0 aliphatic heterocycles. The van der Waals surface area contributed by atoms with Crippen molar-refractivity contribution in [3.05, 3.63) is 21.9 Å². The Morgan fingerprint density at radius 1 is 1.53 bits per heavy atom. The molecule has 0 saturated carbocycles. The van der Waals surface area contributed by atoms with Gasteiger partial charge >= 0.3 is 12.2 Å². The molecule has 1 aromatic heterocycles. The van der Waals surface area contributed by atoms with Crippen LogP contribution < -0.4 is 4.74 Å². The summed E-state index contributed by atoms with van der Waals surface area (Å²) < 4.78 is 39.1. The quantitative estimate of drug-likeness (QED) is 0.495. The summed E-state index contributed by atoms with van der Waals surface area (Å²) >= 11 is 0. The lowest BCUT2D eigenvalue weighted by molar-refractivity contribution is -0.390. The standard InChI is InChI=1S/C7H3F3N2O5/c8-7(9,10)17-5-3(2-13)1-11-6(4(5)14)12(15)16/h1-2,14H. The Morgan fingerprint density at radius 2 is 2.12 bits per heavy atom. The van der Waals surface area contributed by atoms with Crippen molar-refractivity contribution in [3.8, 4) is 11.5 Å². The lowest BCUT2D eigenvalue weighted by Crippen LogP contribution is -2.18. The van der Waals surface area contributed by atoms with Gasteiger partial charge in [0.15, 0.2) is 18.2 Å². The second-order valence-corrected chi connectivity index (χ2v) is 2.64. The van der Waals surface area contributed by atoms with Gasteiger partial charge in [-0.2, -0.15) is 0 Å². The van der Waals surface area contributed by atoms with Crippen LogP contribution in [0.5, 0.6) is 11.5 Å². The Morgan fingerprint density at radius 3 is 2.53 bits per heavy atom. The van der Waals surface area contributed by atoms with Crippen LogP contribution in [0.4, 0.5) is 19.0 Å². The first-order valence-electron chi connectivity index (χ1n) is 3.83. The third-order valence-electron chi connectivity index (χ3n) is 1.53. The molecule has 10 heteroatoms. The van der Waals surface area contributed by atoms with Gasteiger partial charge in [-0.3, -0.25) is 4.79 Å². The molecule has 0 spiro atoms. The normalized spacial score (nSPS) is 11.0. The molecular formula is C7H3F3N2O5. The maximum atomic E-state index is 11.9. The molecule has 0 saturated heterocycles. The topological polar surface area (TPSA) is 103 Å². The number of aromatic nitrogens is 1. The molecule has 92 valence electrons. The van der Waals surface area contributed by atoms with Crippen molar-refractivity contribution in [1.82, 2.24) is 4.98 Å². The third kappa shape index (κ3) is 2.80. The van der Waals surface area contributed by atoms with Crippen LogP contribution in [0.15, 0.2) is 6.20 Å². The van der Waals surface area contributed by atoms with Gasteiger partial charge in [-0.05, 0) is 9.91 Å². The molecule has 0 bridgehead atoms. The van der Waals surface area contributed by atoms with Gasteiger partial charge in [-0.15, -0.1) is 13.2 Å². The molecule has 1 aromatic rings. The van der Waals surface area contributed by atoms with E-state index in [1.54, 1.807) is 0 Å². The first-order valence-corrected chi connectivity index (χ1v) is 3.83. The summed E-state index contributed by atoms with van der Waals surface area (Å²) in [6.45, 7) is 0. The van der Waals surface area contributed by atoms with Gasteiger partial charge in [0, 0.05) is 0 Å². The zero-order valence-electron chi connectivity index (χ0n) is 7.76. The van der Waals surface area contributed by atoms with Gasteiger partial charge in [-0.1, -0.05) is 0 Å². The van der Waals surface area contributed by atoms with E-state index in [0.29, 0.717) is 6.20 Å². The molecule has 1 rings (SSSR count). The van der Waals surface area contributed by atoms with E-state index in [0.717, 1.165) is 0 Å². The van der Waals surface area contributed by atoms with E-state index in [1.807, 2.05) is 0 Å². The van der Waals surface area contributed by atoms with E-state index in [1.165, 1.54) is 0 Å². The average Bonchev–Trinajstić information content (AvgIpc) is 2.18. The number of hydrogen-bond acceptors (Lipinski definition) is 6. The second-order valence-electron chi connectivity index (χ2n) is 2.64. The lowest BCUT2D eigenvalue weighted by Gasteiger charge is -2.10. The summed E-state index contributed by atoms with van der Waals surface area (Å²) in [6, 6.07) is 0. The molecule has 0 aromatic carbocycles. The van der Waals surface area contributed by atoms with Crippen molar-refractivity contribution in [1.29, 1.82) is 0 Å². The molecule has 0 radical (unpaired) electrons. The van der Waals surface area contributed by atoms with Crippen LogP contribution >= 0.6 is 0 Å². The SMILES string of the molecule is O=Cc1cnc([N+](=O)[O-])c(O)c1OC(F)(F)F. The molecule has 0 fully saturated rings. The minimum Gasteiger partial charge on any atom is -0.498 e. The number of carbonyl (C=O) groups is 1. The summed E-state index contributed by atoms with van der Waals surface area (Å²) in [5, 5.41) is 19.4. The Hall–Kier alpha value is -2.39. The van der Waals surface area contributed by atoms with Gasteiger partial charge in [-0.25, -0.2) is 0 Å². The largest absolute Gasteiger partial charge is 0.573 e. The van der Waals surface area contributed by atoms with E-state index in [2.05, 4.69) is 9.72 Å². The van der Waals surface area contributed by atoms with Gasteiger partial charge in [0.1, 0.15) is 5.56 Å². The fourth-order valence-electron chi connectivity index (χ4n) is 0.929. The van der Waals surface area contributed by atoms with E-state index in [-0.39, 0.29) is 6.29 Å². The smallest absolute Gasteiger partial charge is 0.498 e. The molecule has 0 aliphatic rings. The number of rotatable bonds is 3. The fraction of sp³-hybridized carbons (Fsp3) is 0.143. The highest BCUT2D eigenvalue weighted by Crippen LogP contribution is 2.38. The molecular weight excluding hydrogens is 249 g/mol. The molecule has 0 atom stereocenters. The van der Waals surface area contributed by atoms with Crippen LogP contribution in [0.3, 0.4) is 0 Å². The molecule has 17 heavy (non-hydrogen) atoms. The molecule has 0 amide bonds. The van der Waals surface area contributed by atoms with Crippen LogP contribution in [0, 0.1) is 10.1 Å². The van der Waals surface area contributed by atoms with Crippen molar-refractivity contribution < 1.29 is 32.7 Å². The first kappa shape index (κ1) is 12.7. The maximum absolute atomic E-state index is 11.9. The maximum Gasteiger partial charge on any atom is 0.573 e. The number of ether oxygens (including phenoxy) is 1. The van der Waals surface area contributed by atoms with Crippen molar-refractivity contribution in [2.75, 3.05) is 0 Å². The Kier molecular flexibility index (Phi) is 3.16. The Balaban J connectivity index is 3.37. The zero-order chi connectivity index (χ0) is 13.2. The summed E-state index contributed by atoms with van der Waals surface area (Å²) in [5.74, 6) is -4.05. The minimum absolute atomic E-state index is 0.0858. The average molecular weight is 252 g/mol. The number of nitro groups is 1. The highest BCUT2D eigenvalue weighted by molar-refractivity contribution is 5.81. The monoisotopic (exact) mass is 252 g/mol. The zero-order valence-corrected chi connectivity index (χ0v) is 7.76. The van der Waals surface area contributed by atoms with Gasteiger partial charge in [0.2, 0.25) is 0 Å². The number of aldehydes is 1. The second kappa shape index (κ2) is 4.23. The highest BCUT2D eigenvalue weighted by atomic mass is 19.4. The highest BCUT2D eigenvalue weighted by Gasteiger charge is 2.36. The van der Waals surface area contributed by atoms with Crippen LogP contribution in [0.1, 0.15) is 10.4 Å². The Labute approximate surface area is 90.6 Å². The van der Waals surface area contributed by atoms with E-state index in [9.17, 15) is 28.1 Å². The van der Waals surface area contributed by atoms with Crippen LogP contribution in [-0.4, -0.2) is 27.7 Å². The van der Waals surface area contributed by atoms with Crippen molar-refractivity contribution >= 4 is 12.1 Å². The molecule has 0 unspecified atom stereocenters. The molecule has 0 aliphatic carbocycles. The van der Waals surface area contributed by atoms with E-state index in [4.69, 9.17) is 5.11 Å². The van der Waals surface area contributed by atoms with Gasteiger partial charge in [0.05, 0.1) is 0 Å². The van der Waals surface area contributed by atoms with Crippen molar-refractivity contribution in [3.63, 3.8) is 0 Å². The van der Waals surface area contributed by atoms with Crippen LogP contribution in [0.2, 0.25) is 0 Å². The van der Waals surface area contributed by atoms with Crippen molar-refractivity contribution in [2.24, 2.45) is 0 Å². The van der Waals surface area contributed by atoms with Crippen LogP contribution in [-0.2, 0) is 0 Å². The summed E-state index contributed by atoms with van der Waals surface area (Å²) in [6.07, 6.45) is -4.80. The predicted octanol–water partition coefficient (Wildman–Crippen LogP) is 1.41. The molecule has 1 heterocycles. The van der Waals surface area contributed by atoms with E-state index >= 15 is 0 Å². The number of carbonyl (C=O) groups excluding carboxylic acids is 1. The summed E-state index contributed by atoms with van der Waals surface area (Å²) in [7, 11) is 0. The van der Waals surface area contributed by atoms with Crippen LogP contribution in [0.25, 0.3) is 0 Å². The van der Waals surface area contributed by atoms with Crippen molar-refractivity contribution in [2.45, 2.75) is 6.36 Å². The van der Waals surface area contributed by atoms with E-state index < -0.39 is 34.2 Å². The number of hydrogen-bond donors (Lipinski definition) is 1. The Bertz CT molecular complexity index is 473. The lowest BCUT2D eigenvalue weighted by atomic mass is 10.2. The minimum atomic E-state index is -5.20. The molecule has 1 N–H and O–H groups in total. The molecule has 7 nitrogen and oxygen atoms in total. The number of pyridine rings is 1.